The molecule has 0 bridgehead atoms. The molecule has 4 heteroatoms. The third-order valence-corrected chi connectivity index (χ3v) is 4.02. The Kier molecular flexibility index (Phi) is 3.17. The molecule has 1 saturated heterocycles. The zero-order valence-corrected chi connectivity index (χ0v) is 11.6. The first-order valence-electron chi connectivity index (χ1n) is 5.72. The molecule has 3 nitrogen and oxygen atoms in total. The van der Waals surface area contributed by atoms with Crippen LogP contribution in [0.3, 0.4) is 0 Å². The minimum Gasteiger partial charge on any atom is -0.478 e. The van der Waals surface area contributed by atoms with Crippen molar-refractivity contribution < 1.29 is 9.90 Å². The van der Waals surface area contributed by atoms with Gasteiger partial charge in [0.15, 0.2) is 0 Å². The van der Waals surface area contributed by atoms with E-state index in [1.807, 2.05) is 6.07 Å². The number of benzene rings is 1. The number of carboxylic acids is 1. The van der Waals surface area contributed by atoms with E-state index in [2.05, 4.69) is 34.7 Å². The molecule has 1 aliphatic heterocycles. The molecule has 1 aliphatic rings. The number of carbonyl (C=O) groups is 1. The Morgan fingerprint density at radius 3 is 2.65 bits per heavy atom. The van der Waals surface area contributed by atoms with Crippen LogP contribution in [0.2, 0.25) is 0 Å². The van der Waals surface area contributed by atoms with Gasteiger partial charge in [0.1, 0.15) is 0 Å². The summed E-state index contributed by atoms with van der Waals surface area (Å²) in [4.78, 5) is 13.2. The molecule has 1 heterocycles. The second-order valence-electron chi connectivity index (χ2n) is 5.04. The topological polar surface area (TPSA) is 40.5 Å². The number of hydrogen-bond donors (Lipinski definition) is 1. The minimum absolute atomic E-state index is 0.146. The SMILES string of the molecule is CC1(C)CCCN1c1ccc(C(=O)O)cc1Br. The van der Waals surface area contributed by atoms with Gasteiger partial charge in [-0.1, -0.05) is 0 Å². The lowest BCUT2D eigenvalue weighted by Gasteiger charge is -2.34. The Hall–Kier alpha value is -1.03. The second kappa shape index (κ2) is 4.33. The van der Waals surface area contributed by atoms with E-state index < -0.39 is 5.97 Å². The van der Waals surface area contributed by atoms with E-state index in [1.54, 1.807) is 12.1 Å². The number of halogens is 1. The van der Waals surface area contributed by atoms with Crippen molar-refractivity contribution in [1.29, 1.82) is 0 Å². The van der Waals surface area contributed by atoms with E-state index >= 15 is 0 Å². The first-order chi connectivity index (χ1) is 7.92. The molecule has 0 spiro atoms. The summed E-state index contributed by atoms with van der Waals surface area (Å²) in [6, 6.07) is 5.23. The van der Waals surface area contributed by atoms with Gasteiger partial charge in [0.25, 0.3) is 0 Å². The van der Waals surface area contributed by atoms with Gasteiger partial charge in [-0.2, -0.15) is 0 Å². The Morgan fingerprint density at radius 1 is 1.47 bits per heavy atom. The van der Waals surface area contributed by atoms with E-state index in [-0.39, 0.29) is 5.54 Å². The van der Waals surface area contributed by atoms with E-state index in [4.69, 9.17) is 5.11 Å². The van der Waals surface area contributed by atoms with Crippen molar-refractivity contribution in [1.82, 2.24) is 0 Å². The van der Waals surface area contributed by atoms with Gasteiger partial charge < -0.3 is 10.0 Å². The Balaban J connectivity index is 2.37. The van der Waals surface area contributed by atoms with Crippen molar-refractivity contribution in [3.05, 3.63) is 28.2 Å². The van der Waals surface area contributed by atoms with Crippen molar-refractivity contribution in [2.45, 2.75) is 32.2 Å². The summed E-state index contributed by atoms with van der Waals surface area (Å²) in [6.45, 7) is 5.47. The van der Waals surface area contributed by atoms with Crippen LogP contribution < -0.4 is 4.90 Å². The lowest BCUT2D eigenvalue weighted by molar-refractivity contribution is 0.0697. The number of hydrogen-bond acceptors (Lipinski definition) is 2. The summed E-state index contributed by atoms with van der Waals surface area (Å²) in [5, 5.41) is 8.93. The van der Waals surface area contributed by atoms with Crippen LogP contribution in [0.5, 0.6) is 0 Å². The summed E-state index contributed by atoms with van der Waals surface area (Å²) in [7, 11) is 0. The molecule has 0 amide bonds. The molecule has 92 valence electrons. The third kappa shape index (κ3) is 2.32. The summed E-state index contributed by atoms with van der Waals surface area (Å²) < 4.78 is 0.854. The smallest absolute Gasteiger partial charge is 0.335 e. The van der Waals surface area contributed by atoms with Crippen LogP contribution >= 0.6 is 15.9 Å². The van der Waals surface area contributed by atoms with E-state index in [1.165, 1.54) is 12.8 Å². The van der Waals surface area contributed by atoms with Gasteiger partial charge in [0.2, 0.25) is 0 Å². The fourth-order valence-electron chi connectivity index (χ4n) is 2.41. The molecule has 0 aliphatic carbocycles. The fourth-order valence-corrected chi connectivity index (χ4v) is 3.01. The highest BCUT2D eigenvalue weighted by atomic mass is 79.9. The minimum atomic E-state index is -0.891. The number of carboxylic acid groups (broad SMARTS) is 1. The Morgan fingerprint density at radius 2 is 2.18 bits per heavy atom. The van der Waals surface area contributed by atoms with E-state index in [9.17, 15) is 4.79 Å². The standard InChI is InChI=1S/C13H16BrNO2/c1-13(2)6-3-7-15(13)11-5-4-9(12(16)17)8-10(11)14/h4-5,8H,3,6-7H2,1-2H3,(H,16,17). The van der Waals surface area contributed by atoms with Crippen LogP contribution in [0.4, 0.5) is 5.69 Å². The number of nitrogens with zero attached hydrogens (tertiary/aromatic N) is 1. The molecule has 0 radical (unpaired) electrons. The predicted octanol–water partition coefficient (Wildman–Crippen LogP) is 3.53. The van der Waals surface area contributed by atoms with Gasteiger partial charge in [0, 0.05) is 16.6 Å². The maximum Gasteiger partial charge on any atom is 0.335 e. The van der Waals surface area contributed by atoms with Crippen LogP contribution in [0, 0.1) is 0 Å². The number of aromatic carboxylic acids is 1. The van der Waals surface area contributed by atoms with Crippen molar-refractivity contribution >= 4 is 27.6 Å². The molecule has 17 heavy (non-hydrogen) atoms. The van der Waals surface area contributed by atoms with Crippen molar-refractivity contribution in [2.75, 3.05) is 11.4 Å². The van der Waals surface area contributed by atoms with Gasteiger partial charge in [-0.05, 0) is 60.8 Å². The third-order valence-electron chi connectivity index (χ3n) is 3.39. The predicted molar refractivity (Wildman–Crippen MR) is 71.8 cm³/mol. The maximum absolute atomic E-state index is 10.9. The van der Waals surface area contributed by atoms with Crippen molar-refractivity contribution in [3.63, 3.8) is 0 Å². The van der Waals surface area contributed by atoms with Crippen LogP contribution in [0.1, 0.15) is 37.0 Å². The average molecular weight is 298 g/mol. The number of anilines is 1. The summed E-state index contributed by atoms with van der Waals surface area (Å²) >= 11 is 3.47. The lowest BCUT2D eigenvalue weighted by atomic mass is 10.0. The van der Waals surface area contributed by atoms with Crippen molar-refractivity contribution in [2.24, 2.45) is 0 Å². The van der Waals surface area contributed by atoms with Crippen LogP contribution in [0.15, 0.2) is 22.7 Å². The first kappa shape index (κ1) is 12.4. The maximum atomic E-state index is 10.9. The van der Waals surface area contributed by atoms with Gasteiger partial charge in [-0.15, -0.1) is 0 Å². The largest absolute Gasteiger partial charge is 0.478 e. The Labute approximate surface area is 110 Å². The van der Waals surface area contributed by atoms with Gasteiger partial charge in [-0.3, -0.25) is 0 Å². The lowest BCUT2D eigenvalue weighted by Crippen LogP contribution is -2.38. The van der Waals surface area contributed by atoms with Gasteiger partial charge in [0.05, 0.1) is 11.3 Å². The van der Waals surface area contributed by atoms with Crippen molar-refractivity contribution in [3.8, 4) is 0 Å². The van der Waals surface area contributed by atoms with Crippen LogP contribution in [-0.2, 0) is 0 Å². The summed E-state index contributed by atoms with van der Waals surface area (Å²) in [6.07, 6.45) is 2.35. The highest BCUT2D eigenvalue weighted by Gasteiger charge is 2.32. The molecule has 1 aromatic carbocycles. The zero-order valence-electron chi connectivity index (χ0n) is 10.0. The van der Waals surface area contributed by atoms with Gasteiger partial charge >= 0.3 is 5.97 Å². The molecule has 1 N–H and O–H groups in total. The summed E-state index contributed by atoms with van der Waals surface area (Å²) in [5.74, 6) is -0.891. The molecule has 0 aromatic heterocycles. The molecule has 1 aromatic rings. The summed E-state index contributed by atoms with van der Waals surface area (Å²) in [5.41, 5.74) is 1.54. The molecule has 0 unspecified atom stereocenters. The van der Waals surface area contributed by atoms with Crippen LogP contribution in [0.25, 0.3) is 0 Å². The Bertz CT molecular complexity index is 457. The first-order valence-corrected chi connectivity index (χ1v) is 6.51. The molecular weight excluding hydrogens is 282 g/mol. The molecule has 1 fully saturated rings. The molecule has 0 atom stereocenters. The zero-order chi connectivity index (χ0) is 12.6. The average Bonchev–Trinajstić information content (AvgIpc) is 2.58. The number of rotatable bonds is 2. The monoisotopic (exact) mass is 297 g/mol. The highest BCUT2D eigenvalue weighted by Crippen LogP contribution is 2.37. The van der Waals surface area contributed by atoms with E-state index in [0.717, 1.165) is 16.7 Å². The second-order valence-corrected chi connectivity index (χ2v) is 5.89. The normalized spacial score (nSPS) is 18.4. The van der Waals surface area contributed by atoms with Gasteiger partial charge in [-0.25, -0.2) is 4.79 Å². The van der Waals surface area contributed by atoms with E-state index in [0.29, 0.717) is 5.56 Å². The van der Waals surface area contributed by atoms with Crippen LogP contribution in [-0.4, -0.2) is 23.2 Å². The molecule has 0 saturated carbocycles. The highest BCUT2D eigenvalue weighted by molar-refractivity contribution is 9.10. The fraction of sp³-hybridized carbons (Fsp3) is 0.462. The molecular formula is C13H16BrNO2. The quantitative estimate of drug-likeness (QED) is 0.908. The molecule has 2 rings (SSSR count).